The molecular weight excluding hydrogens is 278 g/mol. The van der Waals surface area contributed by atoms with E-state index in [9.17, 15) is 9.59 Å². The predicted molar refractivity (Wildman–Crippen MR) is 78.8 cm³/mol. The molecule has 0 unspecified atom stereocenters. The number of carbonyl (C=O) groups excluding carboxylic acids is 2. The Bertz CT molecular complexity index is 470. The lowest BCUT2D eigenvalue weighted by molar-refractivity contribution is -0.129. The van der Waals surface area contributed by atoms with Crippen molar-refractivity contribution < 1.29 is 9.59 Å². The Morgan fingerprint density at radius 1 is 1.10 bits per heavy atom. The second-order valence-electron chi connectivity index (χ2n) is 4.75. The molecule has 0 radical (unpaired) electrons. The van der Waals surface area contributed by atoms with E-state index in [1.165, 1.54) is 0 Å². The first-order valence-corrected chi connectivity index (χ1v) is 7.07. The van der Waals surface area contributed by atoms with Crippen molar-refractivity contribution in [1.29, 1.82) is 0 Å². The number of nitrogens with one attached hydrogen (secondary N) is 2. The second-order valence-corrected chi connectivity index (χ2v) is 5.18. The van der Waals surface area contributed by atoms with E-state index in [1.807, 2.05) is 4.90 Å². The zero-order valence-corrected chi connectivity index (χ0v) is 11.9. The lowest BCUT2D eigenvalue weighted by atomic mass is 10.3. The van der Waals surface area contributed by atoms with Crippen LogP contribution in [0.5, 0.6) is 0 Å². The van der Waals surface area contributed by atoms with Crippen LogP contribution in [0.15, 0.2) is 24.3 Å². The molecule has 1 aliphatic heterocycles. The fourth-order valence-electron chi connectivity index (χ4n) is 2.10. The lowest BCUT2D eigenvalue weighted by Gasteiger charge is -2.15. The Balaban J connectivity index is 1.67. The number of likely N-dealkylation sites (tertiary alicyclic amines) is 1. The van der Waals surface area contributed by atoms with Crippen molar-refractivity contribution in [2.75, 3.05) is 31.5 Å². The molecule has 1 aliphatic rings. The summed E-state index contributed by atoms with van der Waals surface area (Å²) in [5, 5.41) is 6.21. The molecule has 1 fully saturated rings. The number of benzene rings is 1. The Morgan fingerprint density at radius 2 is 1.75 bits per heavy atom. The molecule has 0 spiro atoms. The third-order valence-electron chi connectivity index (χ3n) is 3.15. The average molecular weight is 296 g/mol. The summed E-state index contributed by atoms with van der Waals surface area (Å²) in [5.41, 5.74) is 0.687. The predicted octanol–water partition coefficient (Wildman–Crippen LogP) is 1.49. The molecule has 108 valence electrons. The first-order chi connectivity index (χ1) is 9.65. The van der Waals surface area contributed by atoms with Gasteiger partial charge in [0.25, 0.3) is 0 Å². The minimum absolute atomic E-state index is 0.0572. The fourth-order valence-corrected chi connectivity index (χ4v) is 2.23. The summed E-state index contributed by atoms with van der Waals surface area (Å²) in [5.74, 6) is -0.122. The highest BCUT2D eigenvalue weighted by molar-refractivity contribution is 6.30. The van der Waals surface area contributed by atoms with Gasteiger partial charge >= 0.3 is 0 Å². The van der Waals surface area contributed by atoms with Crippen molar-refractivity contribution in [3.63, 3.8) is 0 Å². The quantitative estimate of drug-likeness (QED) is 0.865. The highest BCUT2D eigenvalue weighted by atomic mass is 35.5. The SMILES string of the molecule is O=C(CNCC(=O)N1CCCC1)Nc1ccc(Cl)cc1. The van der Waals surface area contributed by atoms with E-state index in [2.05, 4.69) is 10.6 Å². The van der Waals surface area contributed by atoms with Crippen LogP contribution < -0.4 is 10.6 Å². The molecule has 0 aliphatic carbocycles. The molecule has 0 saturated carbocycles. The first kappa shape index (κ1) is 14.8. The van der Waals surface area contributed by atoms with Crippen molar-refractivity contribution >= 4 is 29.1 Å². The molecule has 5 nitrogen and oxygen atoms in total. The Hall–Kier alpha value is -1.59. The van der Waals surface area contributed by atoms with Crippen LogP contribution in [0.25, 0.3) is 0 Å². The number of amides is 2. The van der Waals surface area contributed by atoms with Crippen molar-refractivity contribution in [1.82, 2.24) is 10.2 Å². The van der Waals surface area contributed by atoms with Crippen LogP contribution in [0.2, 0.25) is 5.02 Å². The van der Waals surface area contributed by atoms with Crippen molar-refractivity contribution in [3.05, 3.63) is 29.3 Å². The summed E-state index contributed by atoms with van der Waals surface area (Å²) < 4.78 is 0. The largest absolute Gasteiger partial charge is 0.342 e. The highest BCUT2D eigenvalue weighted by Gasteiger charge is 2.17. The number of hydrogen-bond donors (Lipinski definition) is 2. The molecule has 0 atom stereocenters. The molecular formula is C14H18ClN3O2. The van der Waals surface area contributed by atoms with E-state index >= 15 is 0 Å². The number of carbonyl (C=O) groups is 2. The Labute approximate surface area is 123 Å². The number of rotatable bonds is 5. The van der Waals surface area contributed by atoms with Crippen molar-refractivity contribution in [2.45, 2.75) is 12.8 Å². The third kappa shape index (κ3) is 4.51. The van der Waals surface area contributed by atoms with Gasteiger partial charge in [0.15, 0.2) is 0 Å². The van der Waals surface area contributed by atoms with Gasteiger partial charge in [-0.25, -0.2) is 0 Å². The van der Waals surface area contributed by atoms with Gasteiger partial charge in [0.05, 0.1) is 13.1 Å². The van der Waals surface area contributed by atoms with Gasteiger partial charge in [-0.05, 0) is 37.1 Å². The summed E-state index contributed by atoms with van der Waals surface area (Å²) in [4.78, 5) is 25.2. The van der Waals surface area contributed by atoms with Gasteiger partial charge in [0, 0.05) is 23.8 Å². The van der Waals surface area contributed by atoms with Gasteiger partial charge in [0.2, 0.25) is 11.8 Å². The third-order valence-corrected chi connectivity index (χ3v) is 3.40. The summed E-state index contributed by atoms with van der Waals surface area (Å²) in [6, 6.07) is 6.88. The molecule has 2 N–H and O–H groups in total. The smallest absolute Gasteiger partial charge is 0.238 e. The summed E-state index contributed by atoms with van der Waals surface area (Å²) >= 11 is 5.76. The topological polar surface area (TPSA) is 61.4 Å². The number of halogens is 1. The second kappa shape index (κ2) is 7.26. The maximum Gasteiger partial charge on any atom is 0.238 e. The van der Waals surface area contributed by atoms with Crippen LogP contribution >= 0.6 is 11.6 Å². The monoisotopic (exact) mass is 295 g/mol. The molecule has 6 heteroatoms. The minimum atomic E-state index is -0.179. The zero-order valence-electron chi connectivity index (χ0n) is 11.2. The summed E-state index contributed by atoms with van der Waals surface area (Å²) in [7, 11) is 0. The molecule has 1 aromatic carbocycles. The van der Waals surface area contributed by atoms with Gasteiger partial charge < -0.3 is 10.2 Å². The normalized spacial score (nSPS) is 14.3. The number of anilines is 1. The lowest BCUT2D eigenvalue weighted by Crippen LogP contribution is -2.39. The maximum atomic E-state index is 11.7. The van der Waals surface area contributed by atoms with E-state index < -0.39 is 0 Å². The maximum absolute atomic E-state index is 11.7. The van der Waals surface area contributed by atoms with Gasteiger partial charge in [0.1, 0.15) is 0 Å². The molecule has 0 bridgehead atoms. The van der Waals surface area contributed by atoms with E-state index in [0.29, 0.717) is 10.7 Å². The van der Waals surface area contributed by atoms with E-state index in [4.69, 9.17) is 11.6 Å². The molecule has 0 aromatic heterocycles. The van der Waals surface area contributed by atoms with Crippen LogP contribution in [0.4, 0.5) is 5.69 Å². The van der Waals surface area contributed by atoms with Gasteiger partial charge in [-0.1, -0.05) is 11.6 Å². The number of nitrogens with zero attached hydrogens (tertiary/aromatic N) is 1. The average Bonchev–Trinajstić information content (AvgIpc) is 2.95. The van der Waals surface area contributed by atoms with Crippen LogP contribution in [0.3, 0.4) is 0 Å². The van der Waals surface area contributed by atoms with Crippen LogP contribution in [0, 0.1) is 0 Å². The van der Waals surface area contributed by atoms with Crippen molar-refractivity contribution in [3.8, 4) is 0 Å². The Morgan fingerprint density at radius 3 is 2.40 bits per heavy atom. The van der Waals surface area contributed by atoms with E-state index in [0.717, 1.165) is 25.9 Å². The molecule has 1 heterocycles. The molecule has 20 heavy (non-hydrogen) atoms. The fraction of sp³-hybridized carbons (Fsp3) is 0.429. The number of hydrogen-bond acceptors (Lipinski definition) is 3. The standard InChI is InChI=1S/C14H18ClN3O2/c15-11-3-5-12(6-4-11)17-13(19)9-16-10-14(20)18-7-1-2-8-18/h3-6,16H,1-2,7-10H2,(H,17,19). The molecule has 1 saturated heterocycles. The van der Waals surface area contributed by atoms with Crippen LogP contribution in [-0.2, 0) is 9.59 Å². The van der Waals surface area contributed by atoms with Crippen LogP contribution in [0.1, 0.15) is 12.8 Å². The van der Waals surface area contributed by atoms with Gasteiger partial charge in [-0.15, -0.1) is 0 Å². The molecule has 1 aromatic rings. The molecule has 2 amide bonds. The summed E-state index contributed by atoms with van der Waals surface area (Å²) in [6.07, 6.45) is 2.14. The molecule has 2 rings (SSSR count). The summed E-state index contributed by atoms with van der Waals surface area (Å²) in [6.45, 7) is 1.98. The van der Waals surface area contributed by atoms with Gasteiger partial charge in [-0.2, -0.15) is 0 Å². The first-order valence-electron chi connectivity index (χ1n) is 6.69. The van der Waals surface area contributed by atoms with E-state index in [1.54, 1.807) is 24.3 Å². The van der Waals surface area contributed by atoms with Gasteiger partial charge in [-0.3, -0.25) is 14.9 Å². The highest BCUT2D eigenvalue weighted by Crippen LogP contribution is 2.13. The zero-order chi connectivity index (χ0) is 14.4. The minimum Gasteiger partial charge on any atom is -0.342 e. The Kier molecular flexibility index (Phi) is 5.38. The van der Waals surface area contributed by atoms with E-state index in [-0.39, 0.29) is 24.9 Å². The van der Waals surface area contributed by atoms with Crippen molar-refractivity contribution in [2.24, 2.45) is 0 Å². The van der Waals surface area contributed by atoms with Crippen LogP contribution in [-0.4, -0.2) is 42.9 Å².